The Hall–Kier alpha value is -1.38. The molecule has 0 saturated carbocycles. The minimum atomic E-state index is -5.94. The van der Waals surface area contributed by atoms with E-state index in [1.807, 2.05) is 0 Å². The summed E-state index contributed by atoms with van der Waals surface area (Å²) < 4.78 is 66.3. The molecule has 0 heterocycles. The predicted molar refractivity (Wildman–Crippen MR) is 60.3 cm³/mol. The second-order valence-corrected chi connectivity index (χ2v) is 4.23. The molecule has 0 saturated heterocycles. The maximum atomic E-state index is 12.7. The van der Waals surface area contributed by atoms with Crippen LogP contribution < -0.4 is 10.1 Å². The largest absolute Gasteiger partial charge is 0.496 e. The van der Waals surface area contributed by atoms with Gasteiger partial charge >= 0.3 is 18.0 Å². The Labute approximate surface area is 112 Å². The molecule has 0 bridgehead atoms. The second kappa shape index (κ2) is 5.32. The molecule has 0 aliphatic rings. The van der Waals surface area contributed by atoms with E-state index in [-0.39, 0.29) is 5.69 Å². The summed E-state index contributed by atoms with van der Waals surface area (Å²) in [5.74, 6) is -7.57. The lowest BCUT2D eigenvalue weighted by Crippen LogP contribution is -2.47. The van der Waals surface area contributed by atoms with Crippen LogP contribution in [0.15, 0.2) is 22.7 Å². The Morgan fingerprint density at radius 1 is 1.26 bits per heavy atom. The molecule has 0 fully saturated rings. The van der Waals surface area contributed by atoms with Crippen LogP contribution >= 0.6 is 15.9 Å². The lowest BCUT2D eigenvalue weighted by molar-refractivity contribution is -0.267. The molecule has 106 valence electrons. The summed E-state index contributed by atoms with van der Waals surface area (Å²) in [4.78, 5) is 10.9. The fourth-order valence-electron chi connectivity index (χ4n) is 1.08. The molecule has 0 radical (unpaired) electrons. The van der Waals surface area contributed by atoms with Gasteiger partial charge in [-0.25, -0.2) is 0 Å². The number of benzene rings is 1. The van der Waals surface area contributed by atoms with E-state index >= 15 is 0 Å². The van der Waals surface area contributed by atoms with Crippen molar-refractivity contribution in [3.05, 3.63) is 22.7 Å². The van der Waals surface area contributed by atoms with Gasteiger partial charge in [0.1, 0.15) is 5.75 Å². The van der Waals surface area contributed by atoms with E-state index in [4.69, 9.17) is 4.74 Å². The van der Waals surface area contributed by atoms with E-state index in [0.717, 1.165) is 12.1 Å². The van der Waals surface area contributed by atoms with Crippen LogP contribution in [0.4, 0.5) is 27.6 Å². The van der Waals surface area contributed by atoms with E-state index < -0.39 is 18.0 Å². The number of amides is 1. The number of carbonyl (C=O) groups is 1. The number of halogens is 6. The summed E-state index contributed by atoms with van der Waals surface area (Å²) >= 11 is 3.00. The number of ether oxygens (including phenoxy) is 1. The summed E-state index contributed by atoms with van der Waals surface area (Å²) in [7, 11) is 1.34. The third kappa shape index (κ3) is 3.34. The average Bonchev–Trinajstić information content (AvgIpc) is 2.27. The van der Waals surface area contributed by atoms with Crippen LogP contribution in [0.1, 0.15) is 0 Å². The topological polar surface area (TPSA) is 38.3 Å². The summed E-state index contributed by atoms with van der Waals surface area (Å²) in [6.07, 6.45) is -5.94. The van der Waals surface area contributed by atoms with E-state index in [1.165, 1.54) is 18.5 Å². The molecule has 1 aromatic carbocycles. The molecule has 1 N–H and O–H groups in total. The first-order valence-electron chi connectivity index (χ1n) is 4.69. The highest BCUT2D eigenvalue weighted by Crippen LogP contribution is 2.36. The average molecular weight is 348 g/mol. The SMILES string of the molecule is COc1ccc(NC(=O)C(F)(F)C(F)(F)F)cc1Br. The Kier molecular flexibility index (Phi) is 4.39. The Bertz CT molecular complexity index is 489. The monoisotopic (exact) mass is 347 g/mol. The van der Waals surface area contributed by atoms with Crippen LogP contribution in [0.25, 0.3) is 0 Å². The van der Waals surface area contributed by atoms with Gasteiger partial charge in [-0.05, 0) is 34.1 Å². The highest BCUT2D eigenvalue weighted by atomic mass is 79.9. The van der Waals surface area contributed by atoms with E-state index in [1.54, 1.807) is 0 Å². The first-order valence-corrected chi connectivity index (χ1v) is 5.48. The minimum Gasteiger partial charge on any atom is -0.496 e. The van der Waals surface area contributed by atoms with Crippen LogP contribution in [0.5, 0.6) is 5.75 Å². The summed E-state index contributed by atoms with van der Waals surface area (Å²) in [6, 6.07) is 3.57. The molecular weight excluding hydrogens is 341 g/mol. The van der Waals surface area contributed by atoms with Crippen molar-refractivity contribution in [1.29, 1.82) is 0 Å². The fourth-order valence-corrected chi connectivity index (χ4v) is 1.62. The second-order valence-electron chi connectivity index (χ2n) is 3.38. The molecule has 0 spiro atoms. The van der Waals surface area contributed by atoms with Gasteiger partial charge in [0.05, 0.1) is 11.6 Å². The van der Waals surface area contributed by atoms with Gasteiger partial charge in [0, 0.05) is 5.69 Å². The van der Waals surface area contributed by atoms with Crippen molar-refractivity contribution in [3.8, 4) is 5.75 Å². The van der Waals surface area contributed by atoms with Crippen molar-refractivity contribution < 1.29 is 31.5 Å². The van der Waals surface area contributed by atoms with Crippen LogP contribution in [-0.2, 0) is 4.79 Å². The highest BCUT2D eigenvalue weighted by Gasteiger charge is 2.63. The van der Waals surface area contributed by atoms with Crippen molar-refractivity contribution in [2.75, 3.05) is 12.4 Å². The van der Waals surface area contributed by atoms with Gasteiger partial charge in [0.2, 0.25) is 0 Å². The number of hydrogen-bond acceptors (Lipinski definition) is 2. The molecule has 0 aromatic heterocycles. The summed E-state index contributed by atoms with van der Waals surface area (Å²) in [6.45, 7) is 0. The molecule has 0 aliphatic carbocycles. The van der Waals surface area contributed by atoms with Crippen molar-refractivity contribution >= 4 is 27.5 Å². The van der Waals surface area contributed by atoms with E-state index in [2.05, 4.69) is 15.9 Å². The maximum absolute atomic E-state index is 12.7. The smallest absolute Gasteiger partial charge is 0.463 e. The number of carbonyl (C=O) groups excluding carboxylic acids is 1. The van der Waals surface area contributed by atoms with Gasteiger partial charge < -0.3 is 10.1 Å². The van der Waals surface area contributed by atoms with Crippen molar-refractivity contribution in [2.24, 2.45) is 0 Å². The zero-order valence-electron chi connectivity index (χ0n) is 9.32. The predicted octanol–water partition coefficient (Wildman–Crippen LogP) is 3.59. The highest BCUT2D eigenvalue weighted by molar-refractivity contribution is 9.10. The van der Waals surface area contributed by atoms with Gasteiger partial charge in [0.25, 0.3) is 0 Å². The number of nitrogens with one attached hydrogen (secondary N) is 1. The number of alkyl halides is 5. The third-order valence-electron chi connectivity index (χ3n) is 2.05. The number of rotatable bonds is 3. The van der Waals surface area contributed by atoms with Gasteiger partial charge in [-0.2, -0.15) is 22.0 Å². The van der Waals surface area contributed by atoms with Gasteiger partial charge in [-0.1, -0.05) is 0 Å². The Morgan fingerprint density at radius 2 is 1.84 bits per heavy atom. The molecule has 3 nitrogen and oxygen atoms in total. The molecular formula is C10H7BrF5NO2. The molecule has 0 unspecified atom stereocenters. The summed E-state index contributed by atoms with van der Waals surface area (Å²) in [5.41, 5.74) is -0.221. The van der Waals surface area contributed by atoms with Gasteiger partial charge in [0.15, 0.2) is 0 Å². The quantitative estimate of drug-likeness (QED) is 0.848. The van der Waals surface area contributed by atoms with Crippen LogP contribution in [0.2, 0.25) is 0 Å². The van der Waals surface area contributed by atoms with Crippen molar-refractivity contribution in [3.63, 3.8) is 0 Å². The zero-order valence-corrected chi connectivity index (χ0v) is 10.9. The molecule has 1 aromatic rings. The molecule has 1 amide bonds. The van der Waals surface area contributed by atoms with Crippen LogP contribution in [0.3, 0.4) is 0 Å². The maximum Gasteiger partial charge on any atom is 0.463 e. The van der Waals surface area contributed by atoms with E-state index in [9.17, 15) is 26.7 Å². The Morgan fingerprint density at radius 3 is 2.26 bits per heavy atom. The normalized spacial score (nSPS) is 12.2. The first-order chi connectivity index (χ1) is 8.59. The molecule has 0 atom stereocenters. The molecule has 9 heteroatoms. The minimum absolute atomic E-state index is 0.221. The van der Waals surface area contributed by atoms with Crippen LogP contribution in [0, 0.1) is 0 Å². The fraction of sp³-hybridized carbons (Fsp3) is 0.300. The number of methoxy groups -OCH3 is 1. The first kappa shape index (κ1) is 15.7. The standard InChI is InChI=1S/C10H7BrF5NO2/c1-19-7-3-2-5(4-6(7)11)17-8(18)9(12,13)10(14,15)16/h2-4H,1H3,(H,17,18). The van der Waals surface area contributed by atoms with Crippen molar-refractivity contribution in [2.45, 2.75) is 12.1 Å². The number of hydrogen-bond donors (Lipinski definition) is 1. The lowest BCUT2D eigenvalue weighted by Gasteiger charge is -2.18. The van der Waals surface area contributed by atoms with Gasteiger partial charge in [-0.3, -0.25) is 4.79 Å². The number of anilines is 1. The Balaban J connectivity index is 2.92. The van der Waals surface area contributed by atoms with E-state index in [0.29, 0.717) is 10.2 Å². The zero-order chi connectivity index (χ0) is 14.8. The third-order valence-corrected chi connectivity index (χ3v) is 2.67. The lowest BCUT2D eigenvalue weighted by atomic mass is 10.2. The summed E-state index contributed by atoms with van der Waals surface area (Å²) in [5, 5.41) is 1.49. The van der Waals surface area contributed by atoms with Gasteiger partial charge in [-0.15, -0.1) is 0 Å². The molecule has 19 heavy (non-hydrogen) atoms. The molecule has 1 rings (SSSR count). The molecule has 0 aliphatic heterocycles. The van der Waals surface area contributed by atoms with Crippen LogP contribution in [-0.4, -0.2) is 25.1 Å². The van der Waals surface area contributed by atoms with Crippen molar-refractivity contribution in [1.82, 2.24) is 0 Å².